The predicted octanol–water partition coefficient (Wildman–Crippen LogP) is 4.12. The predicted molar refractivity (Wildman–Crippen MR) is 92.8 cm³/mol. The average molecular weight is 336 g/mol. The lowest BCUT2D eigenvalue weighted by Crippen LogP contribution is -2.30. The molecule has 25 heavy (non-hydrogen) atoms. The fourth-order valence-electron chi connectivity index (χ4n) is 3.93. The molecule has 2 N–H and O–H groups in total. The van der Waals surface area contributed by atoms with Crippen LogP contribution in [0, 0.1) is 16.0 Å². The first-order chi connectivity index (χ1) is 12.1. The van der Waals surface area contributed by atoms with Crippen molar-refractivity contribution in [2.45, 2.75) is 18.4 Å². The van der Waals surface area contributed by atoms with Gasteiger partial charge in [0.2, 0.25) is 0 Å². The van der Waals surface area contributed by atoms with E-state index in [1.54, 1.807) is 24.3 Å². The summed E-state index contributed by atoms with van der Waals surface area (Å²) in [7, 11) is 0. The largest absolute Gasteiger partial charge is 0.478 e. The molecule has 6 nitrogen and oxygen atoms in total. The molecular weight excluding hydrogens is 320 g/mol. The zero-order valence-corrected chi connectivity index (χ0v) is 13.3. The molecule has 0 radical (unpaired) electrons. The first-order valence-corrected chi connectivity index (χ1v) is 8.10. The number of nitro benzene ring substituents is 1. The number of nitro groups is 1. The summed E-state index contributed by atoms with van der Waals surface area (Å²) in [6.45, 7) is 0. The molecule has 0 unspecified atom stereocenters. The van der Waals surface area contributed by atoms with Gasteiger partial charge in [0, 0.05) is 18.1 Å². The van der Waals surface area contributed by atoms with E-state index in [1.807, 2.05) is 6.07 Å². The van der Waals surface area contributed by atoms with Gasteiger partial charge in [-0.1, -0.05) is 36.4 Å². The molecule has 0 saturated carbocycles. The first-order valence-electron chi connectivity index (χ1n) is 8.10. The lowest BCUT2D eigenvalue weighted by molar-refractivity contribution is -0.384. The van der Waals surface area contributed by atoms with E-state index in [0.29, 0.717) is 5.69 Å². The van der Waals surface area contributed by atoms with Crippen molar-refractivity contribution >= 4 is 17.3 Å². The topological polar surface area (TPSA) is 92.5 Å². The molecule has 126 valence electrons. The molecule has 0 amide bonds. The number of carboxylic acids is 1. The molecule has 1 aliphatic heterocycles. The van der Waals surface area contributed by atoms with Gasteiger partial charge in [0.05, 0.1) is 22.2 Å². The highest BCUT2D eigenvalue weighted by Gasteiger charge is 2.39. The van der Waals surface area contributed by atoms with Gasteiger partial charge >= 0.3 is 5.97 Å². The van der Waals surface area contributed by atoms with E-state index in [1.165, 1.54) is 12.1 Å². The summed E-state index contributed by atoms with van der Waals surface area (Å²) in [5.74, 6) is -0.555. The highest BCUT2D eigenvalue weighted by molar-refractivity contribution is 5.95. The molecule has 0 bridgehead atoms. The summed E-state index contributed by atoms with van der Waals surface area (Å²) in [6, 6.07) is 11.7. The van der Waals surface area contributed by atoms with Crippen LogP contribution in [0.5, 0.6) is 0 Å². The molecule has 3 atom stereocenters. The average Bonchev–Trinajstić information content (AvgIpc) is 3.10. The first kappa shape index (κ1) is 15.4. The molecule has 2 aromatic rings. The number of nitrogens with zero attached hydrogens (tertiary/aromatic N) is 1. The van der Waals surface area contributed by atoms with E-state index in [0.717, 1.165) is 17.5 Å². The van der Waals surface area contributed by atoms with Crippen molar-refractivity contribution in [1.82, 2.24) is 0 Å². The second-order valence-corrected chi connectivity index (χ2v) is 6.40. The summed E-state index contributed by atoms with van der Waals surface area (Å²) < 4.78 is 0. The Labute approximate surface area is 144 Å². The lowest BCUT2D eigenvalue weighted by Gasteiger charge is -2.38. The Kier molecular flexibility index (Phi) is 3.53. The SMILES string of the molecule is O=C(O)c1cccc2c1N[C@@H](c1ccc([N+](=O)[O-])cc1)[C@H]1CC=C[C@H]21. The number of para-hydroxylation sites is 1. The monoisotopic (exact) mass is 336 g/mol. The fraction of sp³-hybridized carbons (Fsp3) is 0.211. The molecule has 2 aliphatic rings. The summed E-state index contributed by atoms with van der Waals surface area (Å²) in [5, 5.41) is 23.8. The van der Waals surface area contributed by atoms with Gasteiger partial charge < -0.3 is 10.4 Å². The maximum Gasteiger partial charge on any atom is 0.337 e. The minimum Gasteiger partial charge on any atom is -0.478 e. The highest BCUT2D eigenvalue weighted by Crippen LogP contribution is 2.50. The molecule has 0 saturated heterocycles. The lowest BCUT2D eigenvalue weighted by atomic mass is 9.76. The van der Waals surface area contributed by atoms with Gasteiger partial charge in [-0.05, 0) is 29.5 Å². The van der Waals surface area contributed by atoms with Crippen LogP contribution >= 0.6 is 0 Å². The quantitative estimate of drug-likeness (QED) is 0.500. The van der Waals surface area contributed by atoms with Crippen LogP contribution in [-0.2, 0) is 0 Å². The van der Waals surface area contributed by atoms with E-state index in [4.69, 9.17) is 0 Å². The summed E-state index contributed by atoms with van der Waals surface area (Å²) in [6.07, 6.45) is 5.14. The molecule has 2 aromatic carbocycles. The minimum atomic E-state index is -0.966. The zero-order valence-electron chi connectivity index (χ0n) is 13.3. The second kappa shape index (κ2) is 5.73. The molecule has 4 rings (SSSR count). The minimum absolute atomic E-state index is 0.0484. The molecule has 1 aliphatic carbocycles. The number of non-ortho nitro benzene ring substituents is 1. The van der Waals surface area contributed by atoms with Crippen LogP contribution in [0.3, 0.4) is 0 Å². The third-order valence-electron chi connectivity index (χ3n) is 5.09. The van der Waals surface area contributed by atoms with Crippen molar-refractivity contribution in [2.75, 3.05) is 5.32 Å². The Bertz CT molecular complexity index is 889. The van der Waals surface area contributed by atoms with Crippen molar-refractivity contribution in [3.8, 4) is 0 Å². The highest BCUT2D eigenvalue weighted by atomic mass is 16.6. The van der Waals surface area contributed by atoms with Crippen molar-refractivity contribution in [3.05, 3.63) is 81.4 Å². The summed E-state index contributed by atoms with van der Waals surface area (Å²) in [5.41, 5.74) is 2.87. The van der Waals surface area contributed by atoms with Gasteiger partial charge in [0.1, 0.15) is 0 Å². The van der Waals surface area contributed by atoms with Crippen molar-refractivity contribution < 1.29 is 14.8 Å². The van der Waals surface area contributed by atoms with E-state index in [2.05, 4.69) is 17.5 Å². The number of hydrogen-bond acceptors (Lipinski definition) is 4. The van der Waals surface area contributed by atoms with Crippen LogP contribution in [0.1, 0.15) is 39.9 Å². The maximum atomic E-state index is 11.6. The van der Waals surface area contributed by atoms with Crippen LogP contribution < -0.4 is 5.32 Å². The molecule has 6 heteroatoms. The van der Waals surface area contributed by atoms with E-state index in [9.17, 15) is 20.0 Å². The summed E-state index contributed by atoms with van der Waals surface area (Å²) in [4.78, 5) is 22.0. The number of aromatic carboxylic acids is 1. The number of hydrogen-bond donors (Lipinski definition) is 2. The molecular formula is C19H16N2O4. The van der Waals surface area contributed by atoms with Crippen molar-refractivity contribution in [1.29, 1.82) is 0 Å². The van der Waals surface area contributed by atoms with Gasteiger partial charge in [0.25, 0.3) is 5.69 Å². The van der Waals surface area contributed by atoms with Gasteiger partial charge in [-0.2, -0.15) is 0 Å². The van der Waals surface area contributed by atoms with Crippen LogP contribution in [0.4, 0.5) is 11.4 Å². The van der Waals surface area contributed by atoms with E-state index in [-0.39, 0.29) is 29.1 Å². The Balaban J connectivity index is 1.78. The fourth-order valence-corrected chi connectivity index (χ4v) is 3.93. The molecule has 0 spiro atoms. The number of fused-ring (bicyclic) bond motifs is 3. The maximum absolute atomic E-state index is 11.6. The van der Waals surface area contributed by atoms with E-state index >= 15 is 0 Å². The molecule has 0 fully saturated rings. The number of rotatable bonds is 3. The zero-order chi connectivity index (χ0) is 17.6. The molecule has 1 heterocycles. The van der Waals surface area contributed by atoms with Crippen molar-refractivity contribution in [3.63, 3.8) is 0 Å². The standard InChI is InChI=1S/C19H16N2O4/c22-19(23)16-6-2-5-15-13-3-1-4-14(13)17(20-18(15)16)11-7-9-12(10-8-11)21(24)25/h1-3,5-10,13-14,17,20H,4H2,(H,22,23)/t13-,14-,17-/m0/s1. The van der Waals surface area contributed by atoms with Crippen LogP contribution in [-0.4, -0.2) is 16.0 Å². The van der Waals surface area contributed by atoms with Crippen LogP contribution in [0.2, 0.25) is 0 Å². The van der Waals surface area contributed by atoms with Crippen LogP contribution in [0.25, 0.3) is 0 Å². The molecule has 0 aromatic heterocycles. The second-order valence-electron chi connectivity index (χ2n) is 6.40. The number of carbonyl (C=O) groups is 1. The van der Waals surface area contributed by atoms with Gasteiger partial charge in [0.15, 0.2) is 0 Å². The third kappa shape index (κ3) is 2.46. The third-order valence-corrected chi connectivity index (χ3v) is 5.09. The number of nitrogens with one attached hydrogen (secondary N) is 1. The Hall–Kier alpha value is -3.15. The normalized spacial score (nSPS) is 23.4. The van der Waals surface area contributed by atoms with Gasteiger partial charge in [-0.15, -0.1) is 0 Å². The smallest absolute Gasteiger partial charge is 0.337 e. The van der Waals surface area contributed by atoms with Gasteiger partial charge in [-0.25, -0.2) is 4.79 Å². The number of anilines is 1. The van der Waals surface area contributed by atoms with Gasteiger partial charge in [-0.3, -0.25) is 10.1 Å². The number of benzene rings is 2. The Morgan fingerprint density at radius 1 is 1.20 bits per heavy atom. The van der Waals surface area contributed by atoms with Crippen LogP contribution in [0.15, 0.2) is 54.6 Å². The van der Waals surface area contributed by atoms with E-state index < -0.39 is 10.9 Å². The Morgan fingerprint density at radius 3 is 2.64 bits per heavy atom. The van der Waals surface area contributed by atoms with Crippen molar-refractivity contribution in [2.24, 2.45) is 5.92 Å². The number of allylic oxidation sites excluding steroid dienone is 2. The Morgan fingerprint density at radius 2 is 1.96 bits per heavy atom. The number of carboxylic acid groups (broad SMARTS) is 1. The summed E-state index contributed by atoms with van der Waals surface area (Å²) >= 11 is 0.